The molecule has 0 spiro atoms. The van der Waals surface area contributed by atoms with Crippen LogP contribution in [0.25, 0.3) is 0 Å². The summed E-state index contributed by atoms with van der Waals surface area (Å²) in [7, 11) is 0. The van der Waals surface area contributed by atoms with Crippen LogP contribution in [0, 0.1) is 5.92 Å². The van der Waals surface area contributed by atoms with Gasteiger partial charge in [0.05, 0.1) is 0 Å². The van der Waals surface area contributed by atoms with E-state index in [-0.39, 0.29) is 13.5 Å². The van der Waals surface area contributed by atoms with Crippen LogP contribution in [-0.4, -0.2) is 23.5 Å². The molecule has 2 fully saturated rings. The third kappa shape index (κ3) is 1.29. The summed E-state index contributed by atoms with van der Waals surface area (Å²) in [6.45, 7) is 7.53. The molecule has 0 radical (unpaired) electrons. The van der Waals surface area contributed by atoms with Gasteiger partial charge in [-0.05, 0) is 44.7 Å². The van der Waals surface area contributed by atoms with Gasteiger partial charge >= 0.3 is 0 Å². The number of nitrogens with zero attached hydrogens (tertiary/aromatic N) is 1. The number of rotatable bonds is 1. The van der Waals surface area contributed by atoms with Crippen molar-refractivity contribution in [3.63, 3.8) is 0 Å². The summed E-state index contributed by atoms with van der Waals surface area (Å²) >= 11 is 0. The minimum absolute atomic E-state index is 0. The van der Waals surface area contributed by atoms with Crippen molar-refractivity contribution in [2.75, 3.05) is 13.1 Å². The van der Waals surface area contributed by atoms with E-state index >= 15 is 0 Å². The maximum absolute atomic E-state index is 2.73. The molecule has 72 valence electrons. The van der Waals surface area contributed by atoms with Crippen molar-refractivity contribution in [1.29, 1.82) is 0 Å². The van der Waals surface area contributed by atoms with Gasteiger partial charge in [-0.15, -0.1) is 0 Å². The van der Waals surface area contributed by atoms with E-state index in [2.05, 4.69) is 18.7 Å². The molecule has 2 heterocycles. The minimum Gasteiger partial charge on any atom is -0.297 e. The molecule has 2 saturated heterocycles. The van der Waals surface area contributed by atoms with Crippen molar-refractivity contribution in [2.45, 2.75) is 45.1 Å². The topological polar surface area (TPSA) is 3.24 Å². The minimum atomic E-state index is 0. The van der Waals surface area contributed by atoms with Crippen molar-refractivity contribution in [3.8, 4) is 0 Å². The third-order valence-electron chi connectivity index (χ3n) is 3.78. The molecule has 2 rings (SSSR count). The van der Waals surface area contributed by atoms with Crippen LogP contribution in [-0.2, 0) is 0 Å². The summed E-state index contributed by atoms with van der Waals surface area (Å²) in [4.78, 5) is 2.73. The normalized spacial score (nSPS) is 27.2. The Hall–Kier alpha value is 0.310. The smallest absolute Gasteiger partial charge is 0.0233 e. The van der Waals surface area contributed by atoms with Gasteiger partial charge in [-0.2, -0.15) is 13.5 Å². The first-order valence-electron chi connectivity index (χ1n) is 5.01. The second kappa shape index (κ2) is 3.59. The van der Waals surface area contributed by atoms with Crippen molar-refractivity contribution in [3.05, 3.63) is 0 Å². The zero-order valence-corrected chi connectivity index (χ0v) is 9.27. The molecule has 0 bridgehead atoms. The monoisotopic (exact) mass is 187 g/mol. The molecule has 0 aromatic carbocycles. The van der Waals surface area contributed by atoms with E-state index in [1.807, 2.05) is 0 Å². The number of hydrogen-bond acceptors (Lipinski definition) is 1. The second-order valence-electron chi connectivity index (χ2n) is 4.45. The highest BCUT2D eigenvalue weighted by Gasteiger charge is 2.45. The first-order chi connectivity index (χ1) is 5.26. The Morgan fingerprint density at radius 2 is 1.58 bits per heavy atom. The lowest BCUT2D eigenvalue weighted by molar-refractivity contribution is 0.136. The predicted molar refractivity (Wildman–Crippen MR) is 58.0 cm³/mol. The van der Waals surface area contributed by atoms with Gasteiger partial charge in [0.2, 0.25) is 0 Å². The Labute approximate surface area is 83.0 Å². The zero-order chi connectivity index (χ0) is 7.90. The Balaban J connectivity index is 0.000000720. The summed E-state index contributed by atoms with van der Waals surface area (Å²) < 4.78 is 0. The number of fused-ring (bicyclic) bond motifs is 1. The van der Waals surface area contributed by atoms with E-state index in [9.17, 15) is 0 Å². The van der Waals surface area contributed by atoms with Crippen LogP contribution < -0.4 is 0 Å². The highest BCUT2D eigenvalue weighted by molar-refractivity contribution is 7.59. The van der Waals surface area contributed by atoms with Gasteiger partial charge < -0.3 is 0 Å². The van der Waals surface area contributed by atoms with E-state index < -0.39 is 0 Å². The Morgan fingerprint density at radius 3 is 1.92 bits per heavy atom. The van der Waals surface area contributed by atoms with Gasteiger partial charge in [-0.3, -0.25) is 4.90 Å². The quantitative estimate of drug-likeness (QED) is 0.609. The summed E-state index contributed by atoms with van der Waals surface area (Å²) in [5.41, 5.74) is 0.639. The van der Waals surface area contributed by atoms with Gasteiger partial charge in [0.15, 0.2) is 0 Å². The molecule has 0 unspecified atom stereocenters. The van der Waals surface area contributed by atoms with Crippen molar-refractivity contribution in [1.82, 2.24) is 4.90 Å². The average Bonchev–Trinajstić information content (AvgIpc) is 2.40. The van der Waals surface area contributed by atoms with Gasteiger partial charge in [0.25, 0.3) is 0 Å². The molecule has 2 aliphatic rings. The molecule has 0 aromatic heterocycles. The maximum Gasteiger partial charge on any atom is 0.0233 e. The molecule has 0 atom stereocenters. The molecule has 0 saturated carbocycles. The van der Waals surface area contributed by atoms with Crippen LogP contribution in [0.3, 0.4) is 0 Å². The SMILES string of the molecule is CC(C)C12CCCN1CCC2.S. The fraction of sp³-hybridized carbons (Fsp3) is 1.00. The van der Waals surface area contributed by atoms with Crippen LogP contribution >= 0.6 is 13.5 Å². The second-order valence-corrected chi connectivity index (χ2v) is 4.45. The highest BCUT2D eigenvalue weighted by atomic mass is 32.1. The zero-order valence-electron chi connectivity index (χ0n) is 8.27. The summed E-state index contributed by atoms with van der Waals surface area (Å²) in [5.74, 6) is 0.868. The van der Waals surface area contributed by atoms with E-state index in [1.165, 1.54) is 38.8 Å². The van der Waals surface area contributed by atoms with E-state index in [4.69, 9.17) is 0 Å². The predicted octanol–water partition coefficient (Wildman–Crippen LogP) is 2.38. The van der Waals surface area contributed by atoms with E-state index in [1.54, 1.807) is 0 Å². The Bertz CT molecular complexity index is 146. The molecule has 1 nitrogen and oxygen atoms in total. The summed E-state index contributed by atoms with van der Waals surface area (Å²) in [6, 6.07) is 0. The van der Waals surface area contributed by atoms with Gasteiger partial charge in [0, 0.05) is 5.54 Å². The van der Waals surface area contributed by atoms with Crippen molar-refractivity contribution in [2.24, 2.45) is 5.92 Å². The lowest BCUT2D eigenvalue weighted by Gasteiger charge is -2.36. The van der Waals surface area contributed by atoms with Crippen molar-refractivity contribution < 1.29 is 0 Å². The molecule has 2 aliphatic heterocycles. The van der Waals surface area contributed by atoms with Crippen molar-refractivity contribution >= 4 is 13.5 Å². The van der Waals surface area contributed by atoms with Gasteiger partial charge in [-0.25, -0.2) is 0 Å². The number of hydrogen-bond donors (Lipinski definition) is 0. The Kier molecular flexibility index (Phi) is 3.11. The fourth-order valence-electron chi connectivity index (χ4n) is 3.09. The summed E-state index contributed by atoms with van der Waals surface area (Å²) in [5, 5.41) is 0. The average molecular weight is 187 g/mol. The van der Waals surface area contributed by atoms with Crippen LogP contribution in [0.15, 0.2) is 0 Å². The lowest BCUT2D eigenvalue weighted by Crippen LogP contribution is -2.42. The highest BCUT2D eigenvalue weighted by Crippen LogP contribution is 2.43. The molecular weight excluding hydrogens is 166 g/mol. The van der Waals surface area contributed by atoms with Gasteiger partial charge in [-0.1, -0.05) is 13.8 Å². The largest absolute Gasteiger partial charge is 0.297 e. The first-order valence-corrected chi connectivity index (χ1v) is 5.01. The molecule has 0 aliphatic carbocycles. The molecule has 0 amide bonds. The fourth-order valence-corrected chi connectivity index (χ4v) is 3.09. The van der Waals surface area contributed by atoms with Gasteiger partial charge in [0.1, 0.15) is 0 Å². The lowest BCUT2D eigenvalue weighted by atomic mass is 9.83. The van der Waals surface area contributed by atoms with Crippen LogP contribution in [0.2, 0.25) is 0 Å². The molecule has 12 heavy (non-hydrogen) atoms. The Morgan fingerprint density at radius 1 is 1.08 bits per heavy atom. The van der Waals surface area contributed by atoms with E-state index in [0.717, 1.165) is 5.92 Å². The van der Waals surface area contributed by atoms with E-state index in [0.29, 0.717) is 5.54 Å². The van der Waals surface area contributed by atoms with Crippen LogP contribution in [0.4, 0.5) is 0 Å². The standard InChI is InChI=1S/C10H19N.H2S/c1-9(2)10-5-3-7-11(10)8-4-6-10;/h9H,3-8H2,1-2H3;1H2. The van der Waals surface area contributed by atoms with Crippen LogP contribution in [0.5, 0.6) is 0 Å². The molecular formula is C10H21NS. The molecule has 0 aromatic rings. The first kappa shape index (κ1) is 10.4. The third-order valence-corrected chi connectivity index (χ3v) is 3.78. The maximum atomic E-state index is 2.73. The molecule has 2 heteroatoms. The summed E-state index contributed by atoms with van der Waals surface area (Å²) in [6.07, 6.45) is 5.81. The van der Waals surface area contributed by atoms with Crippen LogP contribution in [0.1, 0.15) is 39.5 Å². The molecule has 0 N–H and O–H groups in total.